The molecule has 1 atom stereocenters. The Morgan fingerprint density at radius 3 is 2.61 bits per heavy atom. The normalized spacial score (nSPS) is 16.7. The van der Waals surface area contributed by atoms with E-state index in [4.69, 9.17) is 0 Å². The summed E-state index contributed by atoms with van der Waals surface area (Å²) in [6, 6.07) is 9.53. The minimum Gasteiger partial charge on any atom is -0.271 e. The van der Waals surface area contributed by atoms with E-state index in [2.05, 4.69) is 4.72 Å². The smallest absolute Gasteiger partial charge is 0.258 e. The molecule has 0 saturated heterocycles. The average Bonchev–Trinajstić information content (AvgIpc) is 2.76. The maximum Gasteiger partial charge on any atom is 0.258 e. The molecule has 1 aromatic carbocycles. The third-order valence-electron chi connectivity index (χ3n) is 3.11. The standard InChI is InChI=1S/C14H17NO2S/c1-11-6-5-9-13(11)14(16)15-18(17)10-12-7-3-2-4-8-12/h2-4,7-8H,5-6,9-10H2,1H3,(H,15,16). The van der Waals surface area contributed by atoms with Gasteiger partial charge in [-0.2, -0.15) is 0 Å². The average molecular weight is 263 g/mol. The second-order valence-electron chi connectivity index (χ2n) is 4.52. The van der Waals surface area contributed by atoms with Gasteiger partial charge in [-0.3, -0.25) is 9.52 Å². The van der Waals surface area contributed by atoms with Gasteiger partial charge in [-0.25, -0.2) is 4.21 Å². The summed E-state index contributed by atoms with van der Waals surface area (Å²) in [4.78, 5) is 11.9. The topological polar surface area (TPSA) is 46.2 Å². The lowest BCUT2D eigenvalue weighted by Gasteiger charge is -2.06. The Balaban J connectivity index is 1.92. The van der Waals surface area contributed by atoms with E-state index in [1.807, 2.05) is 37.3 Å². The zero-order valence-electron chi connectivity index (χ0n) is 10.4. The number of nitrogens with one attached hydrogen (secondary N) is 1. The summed E-state index contributed by atoms with van der Waals surface area (Å²) >= 11 is 0. The Morgan fingerprint density at radius 2 is 2.00 bits per heavy atom. The Labute approximate surface area is 110 Å². The molecule has 1 amide bonds. The largest absolute Gasteiger partial charge is 0.271 e. The van der Waals surface area contributed by atoms with Crippen molar-refractivity contribution in [2.45, 2.75) is 31.9 Å². The maximum atomic E-state index is 11.9. The molecule has 0 aromatic heterocycles. The van der Waals surface area contributed by atoms with Crippen LogP contribution in [-0.2, 0) is 21.5 Å². The highest BCUT2D eigenvalue weighted by Gasteiger charge is 2.19. The van der Waals surface area contributed by atoms with Crippen molar-refractivity contribution in [2.75, 3.05) is 0 Å². The molecule has 1 unspecified atom stereocenters. The Hall–Kier alpha value is -1.42. The fraction of sp³-hybridized carbons (Fsp3) is 0.357. The molecule has 96 valence electrons. The highest BCUT2D eigenvalue weighted by atomic mass is 32.2. The van der Waals surface area contributed by atoms with E-state index in [0.717, 1.165) is 36.0 Å². The van der Waals surface area contributed by atoms with Crippen molar-refractivity contribution in [3.05, 3.63) is 47.0 Å². The molecule has 0 spiro atoms. The summed E-state index contributed by atoms with van der Waals surface area (Å²) in [5.41, 5.74) is 2.91. The van der Waals surface area contributed by atoms with E-state index in [-0.39, 0.29) is 5.91 Å². The first-order valence-electron chi connectivity index (χ1n) is 6.08. The van der Waals surface area contributed by atoms with Gasteiger partial charge in [-0.05, 0) is 31.7 Å². The summed E-state index contributed by atoms with van der Waals surface area (Å²) in [5.74, 6) is 0.193. The fourth-order valence-corrected chi connectivity index (χ4v) is 3.03. The summed E-state index contributed by atoms with van der Waals surface area (Å²) in [5, 5.41) is 0. The zero-order valence-corrected chi connectivity index (χ0v) is 11.3. The highest BCUT2D eigenvalue weighted by molar-refractivity contribution is 7.82. The maximum absolute atomic E-state index is 11.9. The number of rotatable bonds is 4. The van der Waals surface area contributed by atoms with Crippen LogP contribution in [0.3, 0.4) is 0 Å². The first-order valence-corrected chi connectivity index (χ1v) is 7.40. The molecule has 0 fully saturated rings. The molecule has 1 aliphatic carbocycles. The van der Waals surface area contributed by atoms with Crippen LogP contribution in [-0.4, -0.2) is 10.1 Å². The molecule has 0 radical (unpaired) electrons. The van der Waals surface area contributed by atoms with Crippen LogP contribution in [0.5, 0.6) is 0 Å². The van der Waals surface area contributed by atoms with E-state index in [1.54, 1.807) is 0 Å². The van der Waals surface area contributed by atoms with E-state index in [0.29, 0.717) is 5.75 Å². The van der Waals surface area contributed by atoms with Gasteiger partial charge in [0.25, 0.3) is 5.91 Å². The van der Waals surface area contributed by atoms with Gasteiger partial charge in [-0.1, -0.05) is 35.9 Å². The van der Waals surface area contributed by atoms with Crippen molar-refractivity contribution >= 4 is 16.9 Å². The van der Waals surface area contributed by atoms with E-state index < -0.39 is 11.0 Å². The molecule has 2 rings (SSSR count). The molecule has 3 nitrogen and oxygen atoms in total. The predicted octanol–water partition coefficient (Wildman–Crippen LogP) is 2.47. The monoisotopic (exact) mass is 263 g/mol. The quantitative estimate of drug-likeness (QED) is 0.907. The third-order valence-corrected chi connectivity index (χ3v) is 4.12. The van der Waals surface area contributed by atoms with Gasteiger partial charge < -0.3 is 0 Å². The molecule has 0 bridgehead atoms. The summed E-state index contributed by atoms with van der Waals surface area (Å²) in [6.07, 6.45) is 2.81. The van der Waals surface area contributed by atoms with Crippen molar-refractivity contribution in [2.24, 2.45) is 0 Å². The van der Waals surface area contributed by atoms with Gasteiger partial charge in [0.05, 0.1) is 5.75 Å². The number of hydrogen-bond acceptors (Lipinski definition) is 2. The second kappa shape index (κ2) is 5.96. The highest BCUT2D eigenvalue weighted by Crippen LogP contribution is 2.25. The minimum atomic E-state index is -1.35. The van der Waals surface area contributed by atoms with Gasteiger partial charge in [0.1, 0.15) is 11.0 Å². The first-order chi connectivity index (χ1) is 8.66. The summed E-state index contributed by atoms with van der Waals surface area (Å²) in [7, 11) is -1.35. The van der Waals surface area contributed by atoms with Crippen LogP contribution >= 0.6 is 0 Å². The lowest BCUT2D eigenvalue weighted by molar-refractivity contribution is -0.115. The number of allylic oxidation sites excluding steroid dienone is 1. The van der Waals surface area contributed by atoms with Crippen LogP contribution in [0.2, 0.25) is 0 Å². The van der Waals surface area contributed by atoms with Crippen LogP contribution < -0.4 is 4.72 Å². The first kappa shape index (κ1) is 13.0. The van der Waals surface area contributed by atoms with Crippen molar-refractivity contribution in [3.63, 3.8) is 0 Å². The number of carbonyl (C=O) groups excluding carboxylic acids is 1. The predicted molar refractivity (Wildman–Crippen MR) is 73.0 cm³/mol. The molecule has 4 heteroatoms. The fourth-order valence-electron chi connectivity index (χ4n) is 2.13. The molecule has 1 aliphatic rings. The molecular formula is C14H17NO2S. The minimum absolute atomic E-state index is 0.167. The molecule has 0 heterocycles. The van der Waals surface area contributed by atoms with Crippen molar-refractivity contribution in [1.82, 2.24) is 4.72 Å². The van der Waals surface area contributed by atoms with Crippen LogP contribution in [0.1, 0.15) is 31.7 Å². The van der Waals surface area contributed by atoms with Gasteiger partial charge in [0.15, 0.2) is 0 Å². The van der Waals surface area contributed by atoms with Crippen molar-refractivity contribution < 1.29 is 9.00 Å². The van der Waals surface area contributed by atoms with Crippen molar-refractivity contribution in [3.8, 4) is 0 Å². The molecule has 0 aliphatic heterocycles. The second-order valence-corrected chi connectivity index (χ2v) is 5.70. The molecule has 1 N–H and O–H groups in total. The summed E-state index contributed by atoms with van der Waals surface area (Å²) in [6.45, 7) is 1.97. The molecule has 1 aromatic rings. The third kappa shape index (κ3) is 3.29. The molecular weight excluding hydrogens is 246 g/mol. The number of benzene rings is 1. The Morgan fingerprint density at radius 1 is 1.28 bits per heavy atom. The Bertz CT molecular complexity index is 494. The lowest BCUT2D eigenvalue weighted by Crippen LogP contribution is -2.27. The number of amides is 1. The van der Waals surface area contributed by atoms with Crippen LogP contribution in [0, 0.1) is 0 Å². The van der Waals surface area contributed by atoms with Gasteiger partial charge >= 0.3 is 0 Å². The molecule has 0 saturated carbocycles. The van der Waals surface area contributed by atoms with Crippen LogP contribution in [0.25, 0.3) is 0 Å². The van der Waals surface area contributed by atoms with E-state index in [9.17, 15) is 9.00 Å². The van der Waals surface area contributed by atoms with Gasteiger partial charge in [0.2, 0.25) is 0 Å². The van der Waals surface area contributed by atoms with Crippen molar-refractivity contribution in [1.29, 1.82) is 0 Å². The SMILES string of the molecule is CC1=C(C(=O)NS(=O)Cc2ccccc2)CCC1. The van der Waals surface area contributed by atoms with Crippen LogP contribution in [0.15, 0.2) is 41.5 Å². The number of hydrogen-bond donors (Lipinski definition) is 1. The van der Waals surface area contributed by atoms with Gasteiger partial charge in [-0.15, -0.1) is 0 Å². The van der Waals surface area contributed by atoms with Crippen LogP contribution in [0.4, 0.5) is 0 Å². The molecule has 18 heavy (non-hydrogen) atoms. The van der Waals surface area contributed by atoms with Gasteiger partial charge in [0, 0.05) is 5.57 Å². The lowest BCUT2D eigenvalue weighted by atomic mass is 10.2. The Kier molecular flexibility index (Phi) is 4.31. The number of carbonyl (C=O) groups is 1. The van der Waals surface area contributed by atoms with E-state index in [1.165, 1.54) is 0 Å². The van der Waals surface area contributed by atoms with E-state index >= 15 is 0 Å². The summed E-state index contributed by atoms with van der Waals surface area (Å²) < 4.78 is 14.4. The zero-order chi connectivity index (χ0) is 13.0.